The Kier molecular flexibility index (Phi) is 4.32. The van der Waals surface area contributed by atoms with Crippen LogP contribution in [-0.2, 0) is 0 Å². The van der Waals surface area contributed by atoms with Gasteiger partial charge in [-0.1, -0.05) is 23.4 Å². The molecule has 0 aliphatic heterocycles. The van der Waals surface area contributed by atoms with E-state index in [1.807, 2.05) is 6.07 Å². The highest BCUT2D eigenvalue weighted by Gasteiger charge is 2.00. The highest BCUT2D eigenvalue weighted by molar-refractivity contribution is 7.80. The third-order valence-corrected chi connectivity index (χ3v) is 1.95. The van der Waals surface area contributed by atoms with E-state index in [1.165, 1.54) is 0 Å². The molecule has 14 heavy (non-hydrogen) atoms. The summed E-state index contributed by atoms with van der Waals surface area (Å²) in [7, 11) is 0. The summed E-state index contributed by atoms with van der Waals surface area (Å²) < 4.78 is 0. The Hall–Kier alpha value is -1.16. The average molecular weight is 223 g/mol. The van der Waals surface area contributed by atoms with E-state index in [-0.39, 0.29) is 5.15 Å². The number of aromatic nitrogens is 1. The third kappa shape index (κ3) is 2.96. The van der Waals surface area contributed by atoms with Crippen molar-refractivity contribution in [1.82, 2.24) is 4.98 Å². The fourth-order valence-electron chi connectivity index (χ4n) is 0.815. The van der Waals surface area contributed by atoms with Gasteiger partial charge in [0.1, 0.15) is 11.2 Å². The van der Waals surface area contributed by atoms with E-state index >= 15 is 0 Å². The van der Waals surface area contributed by atoms with E-state index in [1.54, 1.807) is 12.3 Å². The van der Waals surface area contributed by atoms with Crippen LogP contribution in [-0.4, -0.2) is 10.7 Å². The van der Waals surface area contributed by atoms with Gasteiger partial charge in [0, 0.05) is 23.9 Å². The van der Waals surface area contributed by atoms with Crippen LogP contribution in [0.25, 0.3) is 0 Å². The molecule has 0 amide bonds. The Morgan fingerprint density at radius 3 is 3.00 bits per heavy atom. The molecule has 0 bridgehead atoms. The lowest BCUT2D eigenvalue weighted by molar-refractivity contribution is 1.28. The van der Waals surface area contributed by atoms with Crippen LogP contribution >= 0.6 is 24.2 Å². The van der Waals surface area contributed by atoms with Gasteiger partial charge in [0.05, 0.1) is 5.56 Å². The maximum Gasteiger partial charge on any atom is 0.146 e. The van der Waals surface area contributed by atoms with E-state index in [0.717, 1.165) is 5.75 Å². The monoisotopic (exact) mass is 222 g/mol. The highest BCUT2D eigenvalue weighted by Crippen LogP contribution is 2.12. The molecule has 0 aromatic carbocycles. The largest absolute Gasteiger partial charge is 0.242 e. The van der Waals surface area contributed by atoms with Crippen LogP contribution in [0.2, 0.25) is 5.15 Å². The van der Waals surface area contributed by atoms with Crippen molar-refractivity contribution in [3.63, 3.8) is 0 Å². The summed E-state index contributed by atoms with van der Waals surface area (Å²) in [6.45, 7) is 0. The molecule has 2 nitrogen and oxygen atoms in total. The lowest BCUT2D eigenvalue weighted by atomic mass is 10.2. The molecule has 0 fully saturated rings. The van der Waals surface area contributed by atoms with Crippen molar-refractivity contribution in [3.05, 3.63) is 28.5 Å². The number of hydrogen-bond donors (Lipinski definition) is 1. The van der Waals surface area contributed by atoms with Crippen LogP contribution in [0.5, 0.6) is 0 Å². The normalized spacial score (nSPS) is 8.64. The van der Waals surface area contributed by atoms with Gasteiger partial charge in [-0.2, -0.15) is 17.9 Å². The van der Waals surface area contributed by atoms with Gasteiger partial charge < -0.3 is 0 Å². The zero-order chi connectivity index (χ0) is 10.4. The first kappa shape index (κ1) is 10.9. The fourth-order valence-corrected chi connectivity index (χ4v) is 1.07. The predicted molar refractivity (Wildman–Crippen MR) is 59.3 cm³/mol. The molecule has 1 rings (SSSR count). The number of nitrogens with zero attached hydrogens (tertiary/aromatic N) is 2. The summed E-state index contributed by atoms with van der Waals surface area (Å²) in [5.41, 5.74) is 1.05. The Morgan fingerprint density at radius 2 is 2.36 bits per heavy atom. The van der Waals surface area contributed by atoms with Crippen LogP contribution in [0.1, 0.15) is 17.5 Å². The van der Waals surface area contributed by atoms with Gasteiger partial charge in [-0.05, 0) is 6.07 Å². The smallest absolute Gasteiger partial charge is 0.146 e. The Balaban J connectivity index is 2.93. The van der Waals surface area contributed by atoms with Gasteiger partial charge in [-0.3, -0.25) is 0 Å². The van der Waals surface area contributed by atoms with Gasteiger partial charge in [0.25, 0.3) is 0 Å². The second kappa shape index (κ2) is 5.54. The van der Waals surface area contributed by atoms with Crippen molar-refractivity contribution in [2.75, 3.05) is 5.75 Å². The number of thiol groups is 1. The molecular weight excluding hydrogens is 216 g/mol. The highest BCUT2D eigenvalue weighted by atomic mass is 35.5. The molecule has 0 aliphatic rings. The lowest BCUT2D eigenvalue weighted by Gasteiger charge is -1.93. The Labute approximate surface area is 93.3 Å². The first-order valence-electron chi connectivity index (χ1n) is 3.93. The standard InChI is InChI=1S/C10H7ClN2S/c11-10-9(6-12)5-8(7-13-10)3-1-2-4-14/h5,7,14H,2,4H2. The summed E-state index contributed by atoms with van der Waals surface area (Å²) in [6, 6.07) is 3.57. The summed E-state index contributed by atoms with van der Waals surface area (Å²) >= 11 is 9.69. The number of halogens is 1. The van der Waals surface area contributed by atoms with Crippen molar-refractivity contribution >= 4 is 24.2 Å². The van der Waals surface area contributed by atoms with Crippen molar-refractivity contribution in [2.45, 2.75) is 6.42 Å². The molecule has 0 saturated heterocycles. The van der Waals surface area contributed by atoms with Gasteiger partial charge >= 0.3 is 0 Å². The second-order valence-electron chi connectivity index (χ2n) is 2.45. The Bertz CT molecular complexity index is 426. The minimum Gasteiger partial charge on any atom is -0.242 e. The first-order valence-corrected chi connectivity index (χ1v) is 4.94. The molecule has 1 heterocycles. The summed E-state index contributed by atoms with van der Waals surface area (Å²) in [6.07, 6.45) is 2.27. The Morgan fingerprint density at radius 1 is 1.57 bits per heavy atom. The molecule has 0 saturated carbocycles. The topological polar surface area (TPSA) is 36.7 Å². The van der Waals surface area contributed by atoms with Crippen LogP contribution < -0.4 is 0 Å². The molecule has 0 N–H and O–H groups in total. The molecule has 4 heteroatoms. The maximum atomic E-state index is 8.68. The summed E-state index contributed by atoms with van der Waals surface area (Å²) in [5.74, 6) is 6.50. The molecule has 0 spiro atoms. The molecule has 0 radical (unpaired) electrons. The molecule has 0 atom stereocenters. The molecular formula is C10H7ClN2S. The number of hydrogen-bond acceptors (Lipinski definition) is 3. The van der Waals surface area contributed by atoms with Gasteiger partial charge in [-0.25, -0.2) is 4.98 Å². The molecule has 70 valence electrons. The zero-order valence-electron chi connectivity index (χ0n) is 7.29. The zero-order valence-corrected chi connectivity index (χ0v) is 8.94. The van der Waals surface area contributed by atoms with Crippen molar-refractivity contribution in [3.8, 4) is 17.9 Å². The second-order valence-corrected chi connectivity index (χ2v) is 3.25. The third-order valence-electron chi connectivity index (χ3n) is 1.43. The number of pyridine rings is 1. The van der Waals surface area contributed by atoms with Crippen LogP contribution in [0.15, 0.2) is 12.3 Å². The van der Waals surface area contributed by atoms with Gasteiger partial charge in [0.15, 0.2) is 0 Å². The summed E-state index contributed by atoms with van der Waals surface area (Å²) in [4.78, 5) is 3.85. The number of nitriles is 1. The average Bonchev–Trinajstić information content (AvgIpc) is 2.21. The molecule has 1 aromatic rings. The molecule has 0 aliphatic carbocycles. The predicted octanol–water partition coefficient (Wildman–Crippen LogP) is 2.28. The number of rotatable bonds is 1. The van der Waals surface area contributed by atoms with E-state index in [0.29, 0.717) is 17.5 Å². The van der Waals surface area contributed by atoms with E-state index in [4.69, 9.17) is 16.9 Å². The fraction of sp³-hybridized carbons (Fsp3) is 0.200. The van der Waals surface area contributed by atoms with Crippen LogP contribution in [0, 0.1) is 23.2 Å². The first-order chi connectivity index (χ1) is 6.77. The van der Waals surface area contributed by atoms with E-state index in [9.17, 15) is 0 Å². The van der Waals surface area contributed by atoms with E-state index in [2.05, 4.69) is 29.5 Å². The van der Waals surface area contributed by atoms with Crippen molar-refractivity contribution in [1.29, 1.82) is 5.26 Å². The molecule has 0 unspecified atom stereocenters. The SMILES string of the molecule is N#Cc1cc(C#CCCS)cnc1Cl. The van der Waals surface area contributed by atoms with Gasteiger partial charge in [0.2, 0.25) is 0 Å². The van der Waals surface area contributed by atoms with E-state index < -0.39 is 0 Å². The van der Waals surface area contributed by atoms with Crippen LogP contribution in [0.4, 0.5) is 0 Å². The quantitative estimate of drug-likeness (QED) is 0.450. The molecule has 1 aromatic heterocycles. The van der Waals surface area contributed by atoms with Gasteiger partial charge in [-0.15, -0.1) is 0 Å². The van der Waals surface area contributed by atoms with Crippen LogP contribution in [0.3, 0.4) is 0 Å². The minimum absolute atomic E-state index is 0.215. The minimum atomic E-state index is 0.215. The summed E-state index contributed by atoms with van der Waals surface area (Å²) in [5, 5.41) is 8.89. The van der Waals surface area contributed by atoms with Crippen molar-refractivity contribution < 1.29 is 0 Å². The lowest BCUT2D eigenvalue weighted by Crippen LogP contribution is -1.85. The maximum absolute atomic E-state index is 8.68. The van der Waals surface area contributed by atoms with Crippen molar-refractivity contribution in [2.24, 2.45) is 0 Å².